The Morgan fingerprint density at radius 2 is 2.06 bits per heavy atom. The summed E-state index contributed by atoms with van der Waals surface area (Å²) in [5, 5.41) is 15.0. The third-order valence-electron chi connectivity index (χ3n) is 2.42. The Kier molecular flexibility index (Phi) is 3.82. The van der Waals surface area contributed by atoms with Crippen molar-refractivity contribution in [3.63, 3.8) is 0 Å². The molecule has 0 aliphatic heterocycles. The van der Waals surface area contributed by atoms with E-state index < -0.39 is 0 Å². The fraction of sp³-hybridized carbons (Fsp3) is 0.167. The van der Waals surface area contributed by atoms with Crippen LogP contribution in [0.15, 0.2) is 29.6 Å². The van der Waals surface area contributed by atoms with Gasteiger partial charge >= 0.3 is 0 Å². The van der Waals surface area contributed by atoms with Gasteiger partial charge in [0.25, 0.3) is 0 Å². The van der Waals surface area contributed by atoms with Gasteiger partial charge in [-0.15, -0.1) is 11.3 Å². The number of aromatic hydroxyl groups is 1. The second-order valence-electron chi connectivity index (χ2n) is 3.72. The molecule has 1 aromatic heterocycles. The van der Waals surface area contributed by atoms with Crippen LogP contribution in [0.2, 0.25) is 9.36 Å². The number of nitrogens with one attached hydrogen (secondary N) is 1. The number of rotatable bonds is 3. The van der Waals surface area contributed by atoms with Gasteiger partial charge in [-0.05, 0) is 42.1 Å². The molecule has 5 heteroatoms. The van der Waals surface area contributed by atoms with Crippen molar-refractivity contribution in [2.45, 2.75) is 13.0 Å². The van der Waals surface area contributed by atoms with E-state index in [2.05, 4.69) is 5.32 Å². The first kappa shape index (κ1) is 12.6. The Morgan fingerprint density at radius 3 is 2.65 bits per heavy atom. The number of hydrogen-bond acceptors (Lipinski definition) is 3. The molecular formula is C12H11Cl2NOS. The predicted octanol–water partition coefficient (Wildman–Crippen LogP) is 4.93. The Hall–Kier alpha value is -0.900. The summed E-state index contributed by atoms with van der Waals surface area (Å²) in [7, 11) is 0. The Labute approximate surface area is 114 Å². The zero-order valence-electron chi connectivity index (χ0n) is 9.08. The van der Waals surface area contributed by atoms with Crippen molar-refractivity contribution >= 4 is 40.2 Å². The maximum absolute atomic E-state index is 9.32. The molecule has 0 spiro atoms. The molecule has 90 valence electrons. The Morgan fingerprint density at radius 1 is 1.29 bits per heavy atom. The van der Waals surface area contributed by atoms with Gasteiger partial charge in [0.2, 0.25) is 0 Å². The lowest BCUT2D eigenvalue weighted by molar-refractivity contribution is 0.475. The maximum Gasteiger partial charge on any atom is 0.134 e. The van der Waals surface area contributed by atoms with E-state index in [1.165, 1.54) is 11.3 Å². The van der Waals surface area contributed by atoms with Gasteiger partial charge in [0, 0.05) is 11.7 Å². The zero-order chi connectivity index (χ0) is 12.4. The van der Waals surface area contributed by atoms with E-state index in [9.17, 15) is 5.11 Å². The molecule has 0 amide bonds. The molecule has 0 bridgehead atoms. The number of hydrogen-bond donors (Lipinski definition) is 2. The summed E-state index contributed by atoms with van der Waals surface area (Å²) < 4.78 is 0.775. The summed E-state index contributed by atoms with van der Waals surface area (Å²) in [4.78, 5) is 0. The molecule has 2 aromatic rings. The number of anilines is 1. The Balaban J connectivity index is 2.12. The minimum atomic E-state index is 0.0865. The first-order valence-corrected chi connectivity index (χ1v) is 6.69. The average Bonchev–Trinajstić information content (AvgIpc) is 2.70. The maximum atomic E-state index is 9.32. The number of phenolic OH excluding ortho intramolecular Hbond substituents is 1. The van der Waals surface area contributed by atoms with Crippen LogP contribution in [0.5, 0.6) is 5.75 Å². The van der Waals surface area contributed by atoms with Crippen LogP contribution in [0, 0.1) is 0 Å². The van der Waals surface area contributed by atoms with E-state index in [1.54, 1.807) is 18.2 Å². The molecule has 17 heavy (non-hydrogen) atoms. The minimum absolute atomic E-state index is 0.0865. The van der Waals surface area contributed by atoms with Crippen molar-refractivity contribution in [3.8, 4) is 5.75 Å². The average molecular weight is 288 g/mol. The number of benzene rings is 1. The van der Waals surface area contributed by atoms with Crippen LogP contribution in [0.4, 0.5) is 5.69 Å². The first-order chi connectivity index (χ1) is 8.06. The standard InChI is InChI=1S/C12H11Cl2NOS/c1-7(8-4-12(14)17-6-8)15-9-2-3-11(16)10(13)5-9/h2-7,15-16H,1H3. The molecule has 2 nitrogen and oxygen atoms in total. The molecule has 2 rings (SSSR count). The van der Waals surface area contributed by atoms with Gasteiger partial charge in [0.1, 0.15) is 5.75 Å². The Bertz CT molecular complexity index is 527. The summed E-state index contributed by atoms with van der Waals surface area (Å²) >= 11 is 13.2. The van der Waals surface area contributed by atoms with Crippen LogP contribution >= 0.6 is 34.5 Å². The summed E-state index contributed by atoms with van der Waals surface area (Å²) in [6.07, 6.45) is 0. The van der Waals surface area contributed by atoms with Gasteiger partial charge in [-0.2, -0.15) is 0 Å². The summed E-state index contributed by atoms with van der Waals surface area (Å²) in [6, 6.07) is 7.12. The second kappa shape index (κ2) is 5.17. The molecule has 0 aliphatic carbocycles. The highest BCUT2D eigenvalue weighted by molar-refractivity contribution is 7.14. The summed E-state index contributed by atoms with van der Waals surface area (Å²) in [5.74, 6) is 0.0865. The molecule has 1 unspecified atom stereocenters. The van der Waals surface area contributed by atoms with Crippen LogP contribution in [0.3, 0.4) is 0 Å². The SMILES string of the molecule is CC(Nc1ccc(O)c(Cl)c1)c1csc(Cl)c1. The molecule has 1 heterocycles. The molecule has 2 N–H and O–H groups in total. The lowest BCUT2D eigenvalue weighted by atomic mass is 10.1. The van der Waals surface area contributed by atoms with Crippen LogP contribution < -0.4 is 5.32 Å². The highest BCUT2D eigenvalue weighted by Crippen LogP contribution is 2.30. The molecule has 1 atom stereocenters. The van der Waals surface area contributed by atoms with E-state index in [1.807, 2.05) is 18.4 Å². The molecule has 0 aliphatic rings. The zero-order valence-corrected chi connectivity index (χ0v) is 11.4. The van der Waals surface area contributed by atoms with Crippen molar-refractivity contribution in [3.05, 3.63) is 44.6 Å². The van der Waals surface area contributed by atoms with Gasteiger partial charge in [-0.25, -0.2) is 0 Å². The number of thiophene rings is 1. The fourth-order valence-electron chi connectivity index (χ4n) is 1.48. The topological polar surface area (TPSA) is 32.3 Å². The van der Waals surface area contributed by atoms with Crippen LogP contribution in [-0.4, -0.2) is 5.11 Å². The first-order valence-electron chi connectivity index (χ1n) is 5.05. The molecule has 1 aromatic carbocycles. The summed E-state index contributed by atoms with van der Waals surface area (Å²) in [6.45, 7) is 2.04. The molecular weight excluding hydrogens is 277 g/mol. The summed E-state index contributed by atoms with van der Waals surface area (Å²) in [5.41, 5.74) is 1.99. The minimum Gasteiger partial charge on any atom is -0.506 e. The number of phenols is 1. The third kappa shape index (κ3) is 3.06. The van der Waals surface area contributed by atoms with E-state index in [0.29, 0.717) is 5.02 Å². The van der Waals surface area contributed by atoms with E-state index in [-0.39, 0.29) is 11.8 Å². The quantitative estimate of drug-likeness (QED) is 0.784. The highest BCUT2D eigenvalue weighted by atomic mass is 35.5. The van der Waals surface area contributed by atoms with Crippen LogP contribution in [0.1, 0.15) is 18.5 Å². The largest absolute Gasteiger partial charge is 0.506 e. The smallest absolute Gasteiger partial charge is 0.134 e. The third-order valence-corrected chi connectivity index (χ3v) is 3.83. The molecule has 0 fully saturated rings. The normalized spacial score (nSPS) is 12.4. The molecule has 0 radical (unpaired) electrons. The predicted molar refractivity (Wildman–Crippen MR) is 74.5 cm³/mol. The second-order valence-corrected chi connectivity index (χ2v) is 5.67. The van der Waals surface area contributed by atoms with E-state index in [4.69, 9.17) is 23.2 Å². The molecule has 0 saturated carbocycles. The van der Waals surface area contributed by atoms with Gasteiger partial charge in [-0.1, -0.05) is 23.2 Å². The lowest BCUT2D eigenvalue weighted by Gasteiger charge is -2.14. The van der Waals surface area contributed by atoms with Gasteiger partial charge in [0.05, 0.1) is 9.36 Å². The van der Waals surface area contributed by atoms with Crippen LogP contribution in [0.25, 0.3) is 0 Å². The van der Waals surface area contributed by atoms with E-state index >= 15 is 0 Å². The molecule has 0 saturated heterocycles. The van der Waals surface area contributed by atoms with Crippen molar-refractivity contribution in [2.24, 2.45) is 0 Å². The lowest BCUT2D eigenvalue weighted by Crippen LogP contribution is -2.05. The van der Waals surface area contributed by atoms with Gasteiger partial charge in [-0.3, -0.25) is 0 Å². The van der Waals surface area contributed by atoms with Crippen molar-refractivity contribution in [1.29, 1.82) is 0 Å². The van der Waals surface area contributed by atoms with E-state index in [0.717, 1.165) is 15.6 Å². The highest BCUT2D eigenvalue weighted by Gasteiger charge is 2.08. The monoisotopic (exact) mass is 287 g/mol. The van der Waals surface area contributed by atoms with Crippen LogP contribution in [-0.2, 0) is 0 Å². The van der Waals surface area contributed by atoms with Gasteiger partial charge < -0.3 is 10.4 Å². The van der Waals surface area contributed by atoms with Crippen molar-refractivity contribution in [2.75, 3.05) is 5.32 Å². The van der Waals surface area contributed by atoms with Crippen molar-refractivity contribution < 1.29 is 5.11 Å². The fourth-order valence-corrected chi connectivity index (χ4v) is 2.65. The number of halogens is 2. The van der Waals surface area contributed by atoms with Crippen molar-refractivity contribution in [1.82, 2.24) is 0 Å². The van der Waals surface area contributed by atoms with Gasteiger partial charge in [0.15, 0.2) is 0 Å².